The van der Waals surface area contributed by atoms with E-state index in [4.69, 9.17) is 10.9 Å². The van der Waals surface area contributed by atoms with Gasteiger partial charge in [-0.2, -0.15) is 0 Å². The van der Waals surface area contributed by atoms with Gasteiger partial charge < -0.3 is 15.8 Å². The number of benzene rings is 1. The maximum absolute atomic E-state index is 12.2. The fourth-order valence-electron chi connectivity index (χ4n) is 1.45. The molecule has 0 atom stereocenters. The van der Waals surface area contributed by atoms with E-state index in [0.29, 0.717) is 18.5 Å². The van der Waals surface area contributed by atoms with Gasteiger partial charge in [-0.25, -0.2) is 0 Å². The molecule has 1 amide bonds. The number of amides is 1. The molecule has 0 radical (unpaired) electrons. The molecule has 1 aromatic carbocycles. The summed E-state index contributed by atoms with van der Waals surface area (Å²) < 4.78 is 0.954. The Bertz CT molecular complexity index is 474. The number of hydrogen-bond donors (Lipinski definition) is 2. The van der Waals surface area contributed by atoms with Crippen molar-refractivity contribution < 1.29 is 10.0 Å². The van der Waals surface area contributed by atoms with Crippen LogP contribution in [0, 0.1) is 10.5 Å². The second-order valence-electron chi connectivity index (χ2n) is 4.00. The summed E-state index contributed by atoms with van der Waals surface area (Å²) in [5.74, 6) is 0.0578. The molecule has 0 aliphatic carbocycles. The third-order valence-corrected chi connectivity index (χ3v) is 4.03. The maximum Gasteiger partial charge on any atom is 0.254 e. The van der Waals surface area contributed by atoms with E-state index in [1.165, 1.54) is 0 Å². The van der Waals surface area contributed by atoms with Gasteiger partial charge in [-0.05, 0) is 41.1 Å². The minimum absolute atomic E-state index is 0.0613. The summed E-state index contributed by atoms with van der Waals surface area (Å²) in [6.07, 6.45) is 0.348. The zero-order chi connectivity index (χ0) is 13.7. The van der Waals surface area contributed by atoms with Gasteiger partial charge in [-0.3, -0.25) is 4.79 Å². The molecule has 3 N–H and O–H groups in total. The summed E-state index contributed by atoms with van der Waals surface area (Å²) >= 11 is 2.17. The van der Waals surface area contributed by atoms with Crippen LogP contribution < -0.4 is 5.73 Å². The van der Waals surface area contributed by atoms with Crippen molar-refractivity contribution in [2.45, 2.75) is 13.3 Å². The molecule has 0 bridgehead atoms. The molecule has 18 heavy (non-hydrogen) atoms. The molecule has 0 fully saturated rings. The number of nitrogens with zero attached hydrogens (tertiary/aromatic N) is 2. The topological polar surface area (TPSA) is 78.9 Å². The molecule has 0 aliphatic heterocycles. The van der Waals surface area contributed by atoms with Gasteiger partial charge >= 0.3 is 0 Å². The normalized spacial score (nSPS) is 11.4. The van der Waals surface area contributed by atoms with Crippen LogP contribution in [0.25, 0.3) is 0 Å². The molecule has 0 aliphatic rings. The Morgan fingerprint density at radius 2 is 2.22 bits per heavy atom. The van der Waals surface area contributed by atoms with Gasteiger partial charge in [0.1, 0.15) is 5.84 Å². The maximum atomic E-state index is 12.2. The smallest absolute Gasteiger partial charge is 0.254 e. The number of hydrogen-bond acceptors (Lipinski definition) is 3. The number of oxime groups is 1. The van der Waals surface area contributed by atoms with Crippen LogP contribution in [-0.4, -0.2) is 35.4 Å². The SMILES string of the molecule is Cc1cccc(C(=O)N(C)CC/C(N)=N/O)c1I. The summed E-state index contributed by atoms with van der Waals surface area (Å²) in [4.78, 5) is 13.8. The molecule has 6 heteroatoms. The molecule has 1 aromatic rings. The summed E-state index contributed by atoms with van der Waals surface area (Å²) in [6, 6.07) is 5.63. The lowest BCUT2D eigenvalue weighted by atomic mass is 10.1. The minimum Gasteiger partial charge on any atom is -0.409 e. The third kappa shape index (κ3) is 3.59. The summed E-state index contributed by atoms with van der Waals surface area (Å²) in [6.45, 7) is 2.38. The highest BCUT2D eigenvalue weighted by Gasteiger charge is 2.15. The number of rotatable bonds is 4. The van der Waals surface area contributed by atoms with E-state index in [-0.39, 0.29) is 11.7 Å². The zero-order valence-corrected chi connectivity index (χ0v) is 12.5. The zero-order valence-electron chi connectivity index (χ0n) is 10.4. The Morgan fingerprint density at radius 1 is 1.56 bits per heavy atom. The van der Waals surface area contributed by atoms with E-state index in [9.17, 15) is 4.79 Å². The first-order valence-corrected chi connectivity index (χ1v) is 6.52. The van der Waals surface area contributed by atoms with Crippen LogP contribution in [0.2, 0.25) is 0 Å². The number of nitrogens with two attached hydrogens (primary N) is 1. The number of amidine groups is 1. The predicted octanol–water partition coefficient (Wildman–Crippen LogP) is 1.81. The highest BCUT2D eigenvalue weighted by Crippen LogP contribution is 2.18. The Kier molecular flexibility index (Phi) is 5.39. The van der Waals surface area contributed by atoms with Gasteiger partial charge in [0.25, 0.3) is 5.91 Å². The van der Waals surface area contributed by atoms with Crippen LogP contribution in [0.5, 0.6) is 0 Å². The van der Waals surface area contributed by atoms with Crippen molar-refractivity contribution in [1.29, 1.82) is 0 Å². The molecule has 0 unspecified atom stereocenters. The lowest BCUT2D eigenvalue weighted by Gasteiger charge is -2.18. The molecule has 0 saturated heterocycles. The van der Waals surface area contributed by atoms with Gasteiger partial charge in [0.05, 0.1) is 5.56 Å². The molecule has 0 aromatic heterocycles. The highest BCUT2D eigenvalue weighted by molar-refractivity contribution is 14.1. The second kappa shape index (κ2) is 6.58. The first-order chi connectivity index (χ1) is 8.47. The van der Waals surface area contributed by atoms with Gasteiger partial charge in [-0.1, -0.05) is 17.3 Å². The van der Waals surface area contributed by atoms with Gasteiger partial charge in [0.2, 0.25) is 0 Å². The molecular weight excluding hydrogens is 345 g/mol. The van der Waals surface area contributed by atoms with Crippen LogP contribution in [-0.2, 0) is 0 Å². The first kappa shape index (κ1) is 14.7. The summed E-state index contributed by atoms with van der Waals surface area (Å²) in [5, 5.41) is 11.3. The van der Waals surface area contributed by atoms with Crippen molar-refractivity contribution in [2.24, 2.45) is 10.9 Å². The van der Waals surface area contributed by atoms with Crippen molar-refractivity contribution in [2.75, 3.05) is 13.6 Å². The Labute approximate surface area is 120 Å². The first-order valence-electron chi connectivity index (χ1n) is 5.44. The summed E-state index contributed by atoms with van der Waals surface area (Å²) in [7, 11) is 1.70. The number of carbonyl (C=O) groups excluding carboxylic acids is 1. The van der Waals surface area contributed by atoms with Crippen molar-refractivity contribution in [3.63, 3.8) is 0 Å². The molecular formula is C12H16IN3O2. The molecule has 0 saturated carbocycles. The van der Waals surface area contributed by atoms with Crippen LogP contribution >= 0.6 is 22.6 Å². The predicted molar refractivity (Wildman–Crippen MR) is 78.9 cm³/mol. The molecule has 1 rings (SSSR count). The second-order valence-corrected chi connectivity index (χ2v) is 5.08. The van der Waals surface area contributed by atoms with Crippen LogP contribution in [0.4, 0.5) is 0 Å². The molecule has 5 nitrogen and oxygen atoms in total. The van der Waals surface area contributed by atoms with Gasteiger partial charge in [0, 0.05) is 23.6 Å². The molecule has 0 heterocycles. The van der Waals surface area contributed by atoms with Crippen LogP contribution in [0.3, 0.4) is 0 Å². The highest BCUT2D eigenvalue weighted by atomic mass is 127. The fourth-order valence-corrected chi connectivity index (χ4v) is 2.04. The minimum atomic E-state index is -0.0613. The van der Waals surface area contributed by atoms with Crippen molar-refractivity contribution in [1.82, 2.24) is 4.90 Å². The lowest BCUT2D eigenvalue weighted by molar-refractivity contribution is 0.0797. The van der Waals surface area contributed by atoms with Crippen molar-refractivity contribution >= 4 is 34.3 Å². The Balaban J connectivity index is 2.78. The number of carbonyl (C=O) groups is 1. The fraction of sp³-hybridized carbons (Fsp3) is 0.333. The lowest BCUT2D eigenvalue weighted by Crippen LogP contribution is -2.31. The van der Waals surface area contributed by atoms with Crippen molar-refractivity contribution in [3.8, 4) is 0 Å². The standard InChI is InChI=1S/C12H16IN3O2/c1-8-4-3-5-9(11(8)13)12(17)16(2)7-6-10(14)15-18/h3-5,18H,6-7H2,1-2H3,(H2,14,15). The quantitative estimate of drug-likeness (QED) is 0.282. The van der Waals surface area contributed by atoms with E-state index < -0.39 is 0 Å². The van der Waals surface area contributed by atoms with E-state index in [1.807, 2.05) is 19.1 Å². The molecule has 0 spiro atoms. The van der Waals surface area contributed by atoms with E-state index in [0.717, 1.165) is 9.13 Å². The Hall–Kier alpha value is -1.31. The monoisotopic (exact) mass is 361 g/mol. The van der Waals surface area contributed by atoms with E-state index in [2.05, 4.69) is 27.7 Å². The Morgan fingerprint density at radius 3 is 2.83 bits per heavy atom. The van der Waals surface area contributed by atoms with Crippen LogP contribution in [0.15, 0.2) is 23.4 Å². The van der Waals surface area contributed by atoms with Gasteiger partial charge in [-0.15, -0.1) is 0 Å². The van der Waals surface area contributed by atoms with Crippen LogP contribution in [0.1, 0.15) is 22.3 Å². The number of aryl methyl sites for hydroxylation is 1. The number of halogens is 1. The third-order valence-electron chi connectivity index (χ3n) is 2.60. The van der Waals surface area contributed by atoms with E-state index >= 15 is 0 Å². The summed E-state index contributed by atoms with van der Waals surface area (Å²) in [5.41, 5.74) is 7.13. The van der Waals surface area contributed by atoms with E-state index in [1.54, 1.807) is 18.0 Å². The largest absolute Gasteiger partial charge is 0.409 e. The van der Waals surface area contributed by atoms with Gasteiger partial charge in [0.15, 0.2) is 0 Å². The average Bonchev–Trinajstić information content (AvgIpc) is 2.37. The average molecular weight is 361 g/mol. The van der Waals surface area contributed by atoms with Crippen molar-refractivity contribution in [3.05, 3.63) is 32.9 Å². The molecule has 98 valence electrons.